The number of nitrogens with one attached hydrogen (secondary N) is 1. The van der Waals surface area contributed by atoms with E-state index in [0.29, 0.717) is 5.56 Å². The molecule has 0 aliphatic rings. The Hall–Kier alpha value is -2.89. The molecule has 1 N–H and O–H groups in total. The smallest absolute Gasteiger partial charge is 0.273 e. The monoisotopic (exact) mass is 342 g/mol. The summed E-state index contributed by atoms with van der Waals surface area (Å²) in [6.07, 6.45) is -0.0312. The first-order chi connectivity index (χ1) is 11.9. The Kier molecular flexibility index (Phi) is 6.11. The van der Waals surface area contributed by atoms with Crippen molar-refractivity contribution in [3.63, 3.8) is 0 Å². The molecule has 0 aliphatic carbocycles. The van der Waals surface area contributed by atoms with Crippen LogP contribution in [0, 0.1) is 16.0 Å². The molecule has 6 nitrogen and oxygen atoms in total. The summed E-state index contributed by atoms with van der Waals surface area (Å²) in [7, 11) is 1.60. The van der Waals surface area contributed by atoms with Gasteiger partial charge in [0.05, 0.1) is 24.5 Å². The van der Waals surface area contributed by atoms with Gasteiger partial charge in [-0.1, -0.05) is 44.2 Å². The van der Waals surface area contributed by atoms with Crippen molar-refractivity contribution in [1.82, 2.24) is 5.32 Å². The molecule has 0 fully saturated rings. The highest BCUT2D eigenvalue weighted by atomic mass is 16.6. The molecule has 0 saturated heterocycles. The molecular weight excluding hydrogens is 320 g/mol. The van der Waals surface area contributed by atoms with Crippen LogP contribution in [0.3, 0.4) is 0 Å². The number of amides is 1. The van der Waals surface area contributed by atoms with Crippen LogP contribution in [0.5, 0.6) is 5.75 Å². The van der Waals surface area contributed by atoms with Gasteiger partial charge in [0, 0.05) is 11.6 Å². The van der Waals surface area contributed by atoms with Gasteiger partial charge in [-0.05, 0) is 23.6 Å². The Bertz CT molecular complexity index is 741. The summed E-state index contributed by atoms with van der Waals surface area (Å²) in [6.45, 7) is 4.03. The van der Waals surface area contributed by atoms with E-state index in [1.807, 2.05) is 38.1 Å². The van der Waals surface area contributed by atoms with Crippen LogP contribution in [0.2, 0.25) is 0 Å². The molecular formula is C19H22N2O4. The van der Waals surface area contributed by atoms with E-state index in [1.165, 1.54) is 6.07 Å². The number of para-hydroxylation sites is 1. The summed E-state index contributed by atoms with van der Waals surface area (Å²) in [6, 6.07) is 13.6. The third-order valence-electron chi connectivity index (χ3n) is 4.00. The van der Waals surface area contributed by atoms with Crippen molar-refractivity contribution < 1.29 is 14.5 Å². The normalized spacial score (nSPS) is 11.8. The average Bonchev–Trinajstić information content (AvgIpc) is 2.60. The lowest BCUT2D eigenvalue weighted by Crippen LogP contribution is -2.33. The summed E-state index contributed by atoms with van der Waals surface area (Å²) in [4.78, 5) is 23.1. The molecule has 25 heavy (non-hydrogen) atoms. The van der Waals surface area contributed by atoms with Crippen LogP contribution in [0.25, 0.3) is 0 Å². The second kappa shape index (κ2) is 8.28. The number of rotatable bonds is 7. The van der Waals surface area contributed by atoms with E-state index < -0.39 is 4.92 Å². The summed E-state index contributed by atoms with van der Waals surface area (Å²) in [5, 5.41) is 14.1. The van der Waals surface area contributed by atoms with Crippen molar-refractivity contribution in [3.8, 4) is 5.75 Å². The van der Waals surface area contributed by atoms with Gasteiger partial charge in [0.2, 0.25) is 5.91 Å². The number of carbonyl (C=O) groups excluding carboxylic acids is 1. The fourth-order valence-electron chi connectivity index (χ4n) is 2.68. The highest BCUT2D eigenvalue weighted by Gasteiger charge is 2.21. The van der Waals surface area contributed by atoms with Crippen molar-refractivity contribution >= 4 is 11.6 Å². The Morgan fingerprint density at radius 1 is 1.16 bits per heavy atom. The standard InChI is InChI=1S/C19H22N2O4/c1-13(2)19(14-8-10-16(25-3)11-9-14)20-18(22)12-15-6-4-5-7-17(15)21(23)24/h4-11,13,19H,12H2,1-3H3,(H,20,22). The van der Waals surface area contributed by atoms with E-state index in [-0.39, 0.29) is 30.0 Å². The fourth-order valence-corrected chi connectivity index (χ4v) is 2.68. The number of ether oxygens (including phenoxy) is 1. The van der Waals surface area contributed by atoms with Gasteiger partial charge in [-0.3, -0.25) is 14.9 Å². The Morgan fingerprint density at radius 3 is 2.36 bits per heavy atom. The van der Waals surface area contributed by atoms with Gasteiger partial charge < -0.3 is 10.1 Å². The number of nitro groups is 1. The van der Waals surface area contributed by atoms with Gasteiger partial charge in [0.25, 0.3) is 5.69 Å². The van der Waals surface area contributed by atoms with E-state index >= 15 is 0 Å². The number of methoxy groups -OCH3 is 1. The Labute approximate surface area is 147 Å². The van der Waals surface area contributed by atoms with E-state index in [2.05, 4.69) is 5.32 Å². The zero-order valence-electron chi connectivity index (χ0n) is 14.6. The van der Waals surface area contributed by atoms with Crippen LogP contribution in [0.15, 0.2) is 48.5 Å². The van der Waals surface area contributed by atoms with Gasteiger partial charge in [0.1, 0.15) is 5.75 Å². The van der Waals surface area contributed by atoms with Gasteiger partial charge in [-0.25, -0.2) is 0 Å². The van der Waals surface area contributed by atoms with Gasteiger partial charge in [0.15, 0.2) is 0 Å². The van der Waals surface area contributed by atoms with E-state index in [0.717, 1.165) is 11.3 Å². The molecule has 6 heteroatoms. The molecule has 1 amide bonds. The van der Waals surface area contributed by atoms with Crippen LogP contribution in [0.1, 0.15) is 31.0 Å². The summed E-state index contributed by atoms with van der Waals surface area (Å²) >= 11 is 0. The first-order valence-electron chi connectivity index (χ1n) is 8.08. The van der Waals surface area contributed by atoms with Crippen LogP contribution in [0.4, 0.5) is 5.69 Å². The number of nitro benzene ring substituents is 1. The van der Waals surface area contributed by atoms with Crippen LogP contribution in [-0.2, 0) is 11.2 Å². The van der Waals surface area contributed by atoms with Crippen LogP contribution < -0.4 is 10.1 Å². The highest BCUT2D eigenvalue weighted by molar-refractivity contribution is 5.80. The largest absolute Gasteiger partial charge is 0.497 e. The number of hydrogen-bond donors (Lipinski definition) is 1. The first kappa shape index (κ1) is 18.4. The zero-order chi connectivity index (χ0) is 18.4. The topological polar surface area (TPSA) is 81.5 Å². The van der Waals surface area contributed by atoms with Gasteiger partial charge >= 0.3 is 0 Å². The van der Waals surface area contributed by atoms with Crippen molar-refractivity contribution in [2.24, 2.45) is 5.92 Å². The molecule has 0 saturated carbocycles. The Balaban J connectivity index is 2.14. The lowest BCUT2D eigenvalue weighted by molar-refractivity contribution is -0.385. The minimum Gasteiger partial charge on any atom is -0.497 e. The lowest BCUT2D eigenvalue weighted by atomic mass is 9.95. The molecule has 0 spiro atoms. The molecule has 0 radical (unpaired) electrons. The summed E-state index contributed by atoms with van der Waals surface area (Å²) < 4.78 is 5.15. The predicted molar refractivity (Wildman–Crippen MR) is 95.5 cm³/mol. The minimum atomic E-state index is -0.466. The number of hydrogen-bond acceptors (Lipinski definition) is 4. The molecule has 2 aromatic rings. The van der Waals surface area contributed by atoms with Gasteiger partial charge in [-0.15, -0.1) is 0 Å². The molecule has 0 aromatic heterocycles. The molecule has 0 heterocycles. The molecule has 2 aromatic carbocycles. The molecule has 0 aliphatic heterocycles. The quantitative estimate of drug-likeness (QED) is 0.615. The van der Waals surface area contributed by atoms with Crippen molar-refractivity contribution in [2.45, 2.75) is 26.3 Å². The molecule has 132 valence electrons. The molecule has 1 unspecified atom stereocenters. The van der Waals surface area contributed by atoms with Crippen molar-refractivity contribution in [2.75, 3.05) is 7.11 Å². The fraction of sp³-hybridized carbons (Fsp3) is 0.316. The summed E-state index contributed by atoms with van der Waals surface area (Å²) in [5.41, 5.74) is 1.33. The zero-order valence-corrected chi connectivity index (χ0v) is 14.6. The maximum absolute atomic E-state index is 12.4. The number of benzene rings is 2. The van der Waals surface area contributed by atoms with Gasteiger partial charge in [-0.2, -0.15) is 0 Å². The van der Waals surface area contributed by atoms with Crippen molar-refractivity contribution in [3.05, 3.63) is 69.8 Å². The van der Waals surface area contributed by atoms with Crippen LogP contribution >= 0.6 is 0 Å². The number of nitrogens with zero attached hydrogens (tertiary/aromatic N) is 1. The van der Waals surface area contributed by atoms with Crippen molar-refractivity contribution in [1.29, 1.82) is 0 Å². The maximum Gasteiger partial charge on any atom is 0.273 e. The number of carbonyl (C=O) groups is 1. The second-order valence-electron chi connectivity index (χ2n) is 6.12. The predicted octanol–water partition coefficient (Wildman–Crippen LogP) is 3.66. The average molecular weight is 342 g/mol. The third-order valence-corrected chi connectivity index (χ3v) is 4.00. The van der Waals surface area contributed by atoms with Crippen LogP contribution in [-0.4, -0.2) is 17.9 Å². The highest BCUT2D eigenvalue weighted by Crippen LogP contribution is 2.25. The third kappa shape index (κ3) is 4.79. The second-order valence-corrected chi connectivity index (χ2v) is 6.12. The SMILES string of the molecule is COc1ccc(C(NC(=O)Cc2ccccc2[N+](=O)[O-])C(C)C)cc1. The first-order valence-corrected chi connectivity index (χ1v) is 8.08. The summed E-state index contributed by atoms with van der Waals surface area (Å²) in [5.74, 6) is 0.671. The Morgan fingerprint density at radius 2 is 1.80 bits per heavy atom. The molecule has 0 bridgehead atoms. The van der Waals surface area contributed by atoms with E-state index in [1.54, 1.807) is 25.3 Å². The maximum atomic E-state index is 12.4. The minimum absolute atomic E-state index is 0.0312. The molecule has 1 atom stereocenters. The lowest BCUT2D eigenvalue weighted by Gasteiger charge is -2.23. The van der Waals surface area contributed by atoms with E-state index in [9.17, 15) is 14.9 Å². The molecule has 2 rings (SSSR count). The van der Waals surface area contributed by atoms with E-state index in [4.69, 9.17) is 4.74 Å².